The predicted molar refractivity (Wildman–Crippen MR) is 99.5 cm³/mol. The first-order chi connectivity index (χ1) is 13.0. The van der Waals surface area contributed by atoms with Gasteiger partial charge in [-0.25, -0.2) is 4.79 Å². The van der Waals surface area contributed by atoms with Crippen LogP contribution >= 0.6 is 0 Å². The number of hydrogen-bond donors (Lipinski definition) is 2. The van der Waals surface area contributed by atoms with Gasteiger partial charge in [-0.15, -0.1) is 0 Å². The lowest BCUT2D eigenvalue weighted by Gasteiger charge is -2.31. The van der Waals surface area contributed by atoms with Crippen LogP contribution in [0.3, 0.4) is 0 Å². The lowest BCUT2D eigenvalue weighted by atomic mass is 10.0. The van der Waals surface area contributed by atoms with Crippen LogP contribution in [0.15, 0.2) is 42.1 Å². The van der Waals surface area contributed by atoms with E-state index in [2.05, 4.69) is 5.32 Å². The third-order valence-electron chi connectivity index (χ3n) is 4.25. The van der Waals surface area contributed by atoms with Crippen molar-refractivity contribution >= 4 is 11.7 Å². The van der Waals surface area contributed by atoms with Crippen LogP contribution in [0.2, 0.25) is 0 Å². The molecule has 0 spiro atoms. The summed E-state index contributed by atoms with van der Waals surface area (Å²) in [7, 11) is 4.19. The smallest absolute Gasteiger partial charge is 0.332 e. The summed E-state index contributed by atoms with van der Waals surface area (Å²) >= 11 is 0. The Morgan fingerprint density at radius 3 is 2.63 bits per heavy atom. The Labute approximate surface area is 157 Å². The minimum atomic E-state index is -0.717. The maximum absolute atomic E-state index is 11.9. The van der Waals surface area contributed by atoms with Gasteiger partial charge in [-0.05, 0) is 36.8 Å². The molecule has 2 aromatic carbocycles. The Hall–Kier alpha value is -3.35. The lowest BCUT2D eigenvalue weighted by molar-refractivity contribution is -0.134. The highest BCUT2D eigenvalue weighted by Gasteiger charge is 2.31. The molecule has 7 heteroatoms. The van der Waals surface area contributed by atoms with Crippen LogP contribution in [0, 0.1) is 6.92 Å². The zero-order chi connectivity index (χ0) is 19.6. The number of anilines is 1. The number of benzene rings is 2. The molecular weight excluding hydrogens is 350 g/mol. The number of aromatic hydroxyl groups is 1. The molecule has 0 fully saturated rings. The number of ether oxygens (including phenoxy) is 4. The maximum atomic E-state index is 11.9. The number of fused-ring (bicyclic) bond motifs is 1. The molecule has 0 saturated carbocycles. The molecule has 1 unspecified atom stereocenters. The van der Waals surface area contributed by atoms with Crippen molar-refractivity contribution < 1.29 is 28.8 Å². The van der Waals surface area contributed by atoms with Gasteiger partial charge in [0.25, 0.3) is 0 Å². The molecule has 27 heavy (non-hydrogen) atoms. The van der Waals surface area contributed by atoms with E-state index in [0.29, 0.717) is 17.0 Å². The van der Waals surface area contributed by atoms with E-state index in [1.54, 1.807) is 12.1 Å². The molecule has 0 aliphatic carbocycles. The zero-order valence-electron chi connectivity index (χ0n) is 15.5. The SMILES string of the molecule is COC(=O)/C=C1\Nc2ccc(C)cc2OC1c1ccc(OC)c(O)c1OC. The first kappa shape index (κ1) is 18.4. The normalized spacial score (nSPS) is 16.7. The third-order valence-corrected chi connectivity index (χ3v) is 4.25. The van der Waals surface area contributed by atoms with Gasteiger partial charge in [0.15, 0.2) is 17.6 Å². The number of nitrogens with one attached hydrogen (secondary N) is 1. The lowest BCUT2D eigenvalue weighted by Crippen LogP contribution is -2.23. The number of hydrogen-bond acceptors (Lipinski definition) is 7. The summed E-state index contributed by atoms with van der Waals surface area (Å²) in [4.78, 5) is 11.9. The number of rotatable bonds is 4. The van der Waals surface area contributed by atoms with Gasteiger partial charge in [0.05, 0.1) is 32.7 Å². The summed E-state index contributed by atoms with van der Waals surface area (Å²) in [6.45, 7) is 1.96. The van der Waals surface area contributed by atoms with Crippen molar-refractivity contribution in [3.8, 4) is 23.0 Å². The molecule has 2 N–H and O–H groups in total. The molecule has 0 amide bonds. The molecule has 0 saturated heterocycles. The van der Waals surface area contributed by atoms with Crippen molar-refractivity contribution in [3.05, 3.63) is 53.2 Å². The standard InChI is InChI=1S/C20H21NO6/c1-11-5-7-13-16(9-11)27-19(14(21-13)10-17(22)25-3)12-6-8-15(24-2)18(23)20(12)26-4/h5-10,19,21,23H,1-4H3/b14-10-. The van der Waals surface area contributed by atoms with Gasteiger partial charge < -0.3 is 29.4 Å². The van der Waals surface area contributed by atoms with Crippen molar-refractivity contribution in [2.45, 2.75) is 13.0 Å². The van der Waals surface area contributed by atoms with Gasteiger partial charge in [0.2, 0.25) is 5.75 Å². The molecule has 0 radical (unpaired) electrons. The summed E-state index contributed by atoms with van der Waals surface area (Å²) in [5.41, 5.74) is 2.75. The second-order valence-corrected chi connectivity index (χ2v) is 5.98. The average Bonchev–Trinajstić information content (AvgIpc) is 2.67. The van der Waals surface area contributed by atoms with Gasteiger partial charge in [-0.3, -0.25) is 0 Å². The van der Waals surface area contributed by atoms with E-state index in [9.17, 15) is 9.90 Å². The second kappa shape index (κ2) is 7.49. The highest BCUT2D eigenvalue weighted by molar-refractivity contribution is 5.84. The fourth-order valence-corrected chi connectivity index (χ4v) is 2.92. The zero-order valence-corrected chi connectivity index (χ0v) is 15.5. The molecular formula is C20H21NO6. The molecule has 1 aliphatic rings. The summed E-state index contributed by atoms with van der Waals surface area (Å²) < 4.78 is 21.4. The van der Waals surface area contributed by atoms with Crippen molar-refractivity contribution in [3.63, 3.8) is 0 Å². The Morgan fingerprint density at radius 2 is 1.96 bits per heavy atom. The Balaban J connectivity index is 2.14. The van der Waals surface area contributed by atoms with E-state index in [4.69, 9.17) is 18.9 Å². The van der Waals surface area contributed by atoms with E-state index in [0.717, 1.165) is 11.3 Å². The van der Waals surface area contributed by atoms with Crippen molar-refractivity contribution in [1.29, 1.82) is 0 Å². The van der Waals surface area contributed by atoms with E-state index in [1.807, 2.05) is 25.1 Å². The van der Waals surface area contributed by atoms with E-state index in [1.165, 1.54) is 27.4 Å². The number of carbonyl (C=O) groups is 1. The molecule has 1 aliphatic heterocycles. The average molecular weight is 371 g/mol. The quantitative estimate of drug-likeness (QED) is 0.630. The van der Waals surface area contributed by atoms with Crippen LogP contribution in [0.4, 0.5) is 5.69 Å². The first-order valence-corrected chi connectivity index (χ1v) is 8.26. The van der Waals surface area contributed by atoms with Crippen LogP contribution in [0.5, 0.6) is 23.0 Å². The molecule has 7 nitrogen and oxygen atoms in total. The minimum Gasteiger partial charge on any atom is -0.502 e. The van der Waals surface area contributed by atoms with Crippen LogP contribution in [-0.2, 0) is 9.53 Å². The van der Waals surface area contributed by atoms with E-state index >= 15 is 0 Å². The van der Waals surface area contributed by atoms with E-state index < -0.39 is 12.1 Å². The van der Waals surface area contributed by atoms with Crippen molar-refractivity contribution in [2.24, 2.45) is 0 Å². The minimum absolute atomic E-state index is 0.145. The molecule has 2 aromatic rings. The second-order valence-electron chi connectivity index (χ2n) is 5.98. The fourth-order valence-electron chi connectivity index (χ4n) is 2.92. The van der Waals surface area contributed by atoms with Gasteiger partial charge in [-0.1, -0.05) is 6.07 Å². The molecule has 142 valence electrons. The van der Waals surface area contributed by atoms with Gasteiger partial charge in [0, 0.05) is 11.6 Å². The maximum Gasteiger partial charge on any atom is 0.332 e. The monoisotopic (exact) mass is 371 g/mol. The van der Waals surface area contributed by atoms with Gasteiger partial charge in [-0.2, -0.15) is 0 Å². The van der Waals surface area contributed by atoms with Crippen molar-refractivity contribution in [2.75, 3.05) is 26.6 Å². The van der Waals surface area contributed by atoms with Gasteiger partial charge in [0.1, 0.15) is 5.75 Å². The first-order valence-electron chi connectivity index (χ1n) is 8.26. The largest absolute Gasteiger partial charge is 0.502 e. The third kappa shape index (κ3) is 3.48. The number of esters is 1. The molecule has 1 heterocycles. The highest BCUT2D eigenvalue weighted by atomic mass is 16.5. The van der Waals surface area contributed by atoms with Crippen LogP contribution in [0.1, 0.15) is 17.2 Å². The molecule has 1 atom stereocenters. The Morgan fingerprint density at radius 1 is 1.19 bits per heavy atom. The number of carbonyl (C=O) groups excluding carboxylic acids is 1. The highest BCUT2D eigenvalue weighted by Crippen LogP contribution is 2.47. The predicted octanol–water partition coefficient (Wildman–Crippen LogP) is 3.32. The van der Waals surface area contributed by atoms with Gasteiger partial charge >= 0.3 is 5.97 Å². The van der Waals surface area contributed by atoms with E-state index in [-0.39, 0.29) is 17.2 Å². The topological polar surface area (TPSA) is 86.3 Å². The number of phenolic OH excluding ortho intramolecular Hbond substituents is 1. The number of phenols is 1. The molecule has 0 bridgehead atoms. The summed E-state index contributed by atoms with van der Waals surface area (Å²) in [6, 6.07) is 9.02. The Bertz CT molecular complexity index is 906. The molecule has 3 rings (SSSR count). The summed E-state index contributed by atoms with van der Waals surface area (Å²) in [5, 5.41) is 13.6. The number of aryl methyl sites for hydroxylation is 1. The van der Waals surface area contributed by atoms with Crippen LogP contribution < -0.4 is 19.5 Å². The fraction of sp³-hybridized carbons (Fsp3) is 0.250. The number of methoxy groups -OCH3 is 3. The van der Waals surface area contributed by atoms with Crippen molar-refractivity contribution in [1.82, 2.24) is 0 Å². The van der Waals surface area contributed by atoms with Crippen LogP contribution in [0.25, 0.3) is 0 Å². The summed E-state index contributed by atoms with van der Waals surface area (Å²) in [5.74, 6) is 0.424. The molecule has 0 aromatic heterocycles. The summed E-state index contributed by atoms with van der Waals surface area (Å²) in [6.07, 6.45) is 0.596. The van der Waals surface area contributed by atoms with Crippen LogP contribution in [-0.4, -0.2) is 32.4 Å². The Kier molecular flexibility index (Phi) is 5.12.